The van der Waals surface area contributed by atoms with E-state index in [-0.39, 0.29) is 5.82 Å². The second-order valence-electron chi connectivity index (χ2n) is 4.69. The highest BCUT2D eigenvalue weighted by Crippen LogP contribution is 2.24. The van der Waals surface area contributed by atoms with Crippen LogP contribution < -0.4 is 4.90 Å². The van der Waals surface area contributed by atoms with Gasteiger partial charge in [-0.1, -0.05) is 6.07 Å². The Morgan fingerprint density at radius 3 is 2.90 bits per heavy atom. The molecule has 0 bridgehead atoms. The number of hydrogen-bond donors (Lipinski definition) is 1. The molecule has 0 radical (unpaired) electrons. The molecule has 0 aliphatic carbocycles. The summed E-state index contributed by atoms with van der Waals surface area (Å²) in [6, 6.07) is 7.24. The minimum Gasteiger partial charge on any atom is -0.352 e. The largest absolute Gasteiger partial charge is 0.352 e. The highest BCUT2D eigenvalue weighted by atomic mass is 127. The molecule has 0 spiro atoms. The summed E-state index contributed by atoms with van der Waals surface area (Å²) >= 11 is 2.11. The summed E-state index contributed by atoms with van der Waals surface area (Å²) in [4.78, 5) is 13.7. The molecular weight excluding hydrogens is 382 g/mol. The zero-order valence-corrected chi connectivity index (χ0v) is 13.6. The van der Waals surface area contributed by atoms with Crippen LogP contribution in [0, 0.1) is 9.39 Å². The summed E-state index contributed by atoms with van der Waals surface area (Å²) in [5, 5.41) is 0.949. The van der Waals surface area contributed by atoms with E-state index in [1.54, 1.807) is 6.07 Å². The SMILES string of the molecule is CCN(Cc1ccc(I)cc1F)c1ncnc2[nH]ccc12. The van der Waals surface area contributed by atoms with Gasteiger partial charge in [0.05, 0.1) is 5.39 Å². The third-order valence-corrected chi connectivity index (χ3v) is 4.06. The Kier molecular flexibility index (Phi) is 4.05. The zero-order chi connectivity index (χ0) is 14.8. The van der Waals surface area contributed by atoms with E-state index in [0.29, 0.717) is 12.1 Å². The van der Waals surface area contributed by atoms with Crippen LogP contribution in [0.25, 0.3) is 11.0 Å². The number of halogens is 2. The molecule has 3 rings (SSSR count). The van der Waals surface area contributed by atoms with Gasteiger partial charge in [-0.2, -0.15) is 0 Å². The fourth-order valence-electron chi connectivity index (χ4n) is 2.30. The van der Waals surface area contributed by atoms with E-state index in [9.17, 15) is 4.39 Å². The summed E-state index contributed by atoms with van der Waals surface area (Å²) in [6.45, 7) is 3.25. The zero-order valence-electron chi connectivity index (χ0n) is 11.5. The van der Waals surface area contributed by atoms with Gasteiger partial charge in [0.1, 0.15) is 23.6 Å². The van der Waals surface area contributed by atoms with E-state index in [0.717, 1.165) is 27.0 Å². The standard InChI is InChI=1S/C15H14FIN4/c1-2-21(8-10-3-4-11(17)7-13(10)16)15-12-5-6-18-14(12)19-9-20-15/h3-7,9H,2,8H2,1H3,(H,18,19,20). The highest BCUT2D eigenvalue weighted by molar-refractivity contribution is 14.1. The van der Waals surface area contributed by atoms with Crippen LogP contribution in [-0.2, 0) is 6.54 Å². The van der Waals surface area contributed by atoms with Crippen molar-refractivity contribution in [2.45, 2.75) is 13.5 Å². The van der Waals surface area contributed by atoms with Crippen molar-refractivity contribution in [3.63, 3.8) is 0 Å². The number of anilines is 1. The molecule has 0 saturated heterocycles. The van der Waals surface area contributed by atoms with Crippen LogP contribution in [0.15, 0.2) is 36.8 Å². The average Bonchev–Trinajstić information content (AvgIpc) is 2.95. The van der Waals surface area contributed by atoms with Crippen LogP contribution >= 0.6 is 22.6 Å². The number of rotatable bonds is 4. The third-order valence-electron chi connectivity index (χ3n) is 3.39. The van der Waals surface area contributed by atoms with Crippen molar-refractivity contribution in [1.82, 2.24) is 15.0 Å². The van der Waals surface area contributed by atoms with E-state index in [1.165, 1.54) is 6.33 Å². The maximum absolute atomic E-state index is 14.0. The second-order valence-corrected chi connectivity index (χ2v) is 5.93. The van der Waals surface area contributed by atoms with Crippen LogP contribution in [0.2, 0.25) is 0 Å². The number of H-pyrrole nitrogens is 1. The molecule has 1 N–H and O–H groups in total. The number of nitrogens with one attached hydrogen (secondary N) is 1. The Morgan fingerprint density at radius 1 is 1.29 bits per heavy atom. The first-order valence-corrected chi connectivity index (χ1v) is 7.74. The lowest BCUT2D eigenvalue weighted by Crippen LogP contribution is -2.24. The Morgan fingerprint density at radius 2 is 2.14 bits per heavy atom. The third kappa shape index (κ3) is 2.85. The minimum atomic E-state index is -0.181. The molecule has 6 heteroatoms. The van der Waals surface area contributed by atoms with Gasteiger partial charge < -0.3 is 9.88 Å². The van der Waals surface area contributed by atoms with Gasteiger partial charge in [0.25, 0.3) is 0 Å². The molecule has 0 atom stereocenters. The Hall–Kier alpha value is -1.70. The van der Waals surface area contributed by atoms with Gasteiger partial charge in [-0.25, -0.2) is 14.4 Å². The Labute approximate surface area is 135 Å². The molecular formula is C15H14FIN4. The molecule has 3 aromatic rings. The van der Waals surface area contributed by atoms with Gasteiger partial charge in [0, 0.05) is 28.4 Å². The van der Waals surface area contributed by atoms with Gasteiger partial charge in [-0.15, -0.1) is 0 Å². The first-order chi connectivity index (χ1) is 10.2. The lowest BCUT2D eigenvalue weighted by Gasteiger charge is -2.22. The Balaban J connectivity index is 1.97. The molecule has 0 aliphatic heterocycles. The molecule has 2 heterocycles. The summed E-state index contributed by atoms with van der Waals surface area (Å²) in [7, 11) is 0. The summed E-state index contributed by atoms with van der Waals surface area (Å²) < 4.78 is 14.9. The molecule has 0 aliphatic rings. The van der Waals surface area contributed by atoms with Gasteiger partial charge in [-0.05, 0) is 47.7 Å². The topological polar surface area (TPSA) is 44.8 Å². The molecule has 4 nitrogen and oxygen atoms in total. The van der Waals surface area contributed by atoms with Crippen LogP contribution in [0.1, 0.15) is 12.5 Å². The van der Waals surface area contributed by atoms with E-state index in [2.05, 4.69) is 37.5 Å². The van der Waals surface area contributed by atoms with Crippen LogP contribution in [0.3, 0.4) is 0 Å². The molecule has 0 saturated carbocycles. The number of aromatic amines is 1. The fourth-order valence-corrected chi connectivity index (χ4v) is 2.76. The minimum absolute atomic E-state index is 0.181. The molecule has 108 valence electrons. The summed E-state index contributed by atoms with van der Waals surface area (Å²) in [5.41, 5.74) is 1.46. The lowest BCUT2D eigenvalue weighted by atomic mass is 10.2. The van der Waals surface area contributed by atoms with Crippen molar-refractivity contribution >= 4 is 39.4 Å². The maximum Gasteiger partial charge on any atom is 0.142 e. The quantitative estimate of drug-likeness (QED) is 0.684. The first-order valence-electron chi connectivity index (χ1n) is 6.66. The summed E-state index contributed by atoms with van der Waals surface area (Å²) in [5.74, 6) is 0.640. The van der Waals surface area contributed by atoms with Crippen molar-refractivity contribution < 1.29 is 4.39 Å². The van der Waals surface area contributed by atoms with Crippen molar-refractivity contribution in [2.24, 2.45) is 0 Å². The van der Waals surface area contributed by atoms with Gasteiger partial charge >= 0.3 is 0 Å². The molecule has 2 aromatic heterocycles. The molecule has 21 heavy (non-hydrogen) atoms. The summed E-state index contributed by atoms with van der Waals surface area (Å²) in [6.07, 6.45) is 3.36. The lowest BCUT2D eigenvalue weighted by molar-refractivity contribution is 0.604. The van der Waals surface area contributed by atoms with Gasteiger partial charge in [-0.3, -0.25) is 0 Å². The van der Waals surface area contributed by atoms with Crippen molar-refractivity contribution in [3.05, 3.63) is 51.7 Å². The number of nitrogens with zero attached hydrogens (tertiary/aromatic N) is 3. The smallest absolute Gasteiger partial charge is 0.142 e. The van der Waals surface area contributed by atoms with Crippen molar-refractivity contribution in [1.29, 1.82) is 0 Å². The monoisotopic (exact) mass is 396 g/mol. The average molecular weight is 396 g/mol. The van der Waals surface area contributed by atoms with Crippen LogP contribution in [0.5, 0.6) is 0 Å². The highest BCUT2D eigenvalue weighted by Gasteiger charge is 2.14. The predicted molar refractivity (Wildman–Crippen MR) is 89.7 cm³/mol. The molecule has 1 aromatic carbocycles. The van der Waals surface area contributed by atoms with Gasteiger partial charge in [0.15, 0.2) is 0 Å². The Bertz CT molecular complexity index is 771. The predicted octanol–water partition coefficient (Wildman–Crippen LogP) is 3.73. The van der Waals surface area contributed by atoms with Crippen molar-refractivity contribution in [2.75, 3.05) is 11.4 Å². The van der Waals surface area contributed by atoms with Crippen LogP contribution in [-0.4, -0.2) is 21.5 Å². The number of benzene rings is 1. The molecule has 0 unspecified atom stereocenters. The fraction of sp³-hybridized carbons (Fsp3) is 0.200. The maximum atomic E-state index is 14.0. The van der Waals surface area contributed by atoms with Crippen LogP contribution in [0.4, 0.5) is 10.2 Å². The van der Waals surface area contributed by atoms with Crippen molar-refractivity contribution in [3.8, 4) is 0 Å². The first kappa shape index (κ1) is 14.2. The molecule has 0 fully saturated rings. The number of aromatic nitrogens is 3. The second kappa shape index (κ2) is 5.97. The molecule has 0 amide bonds. The number of fused-ring (bicyclic) bond motifs is 1. The normalized spacial score (nSPS) is 11.0. The number of hydrogen-bond acceptors (Lipinski definition) is 3. The van der Waals surface area contributed by atoms with E-state index < -0.39 is 0 Å². The van der Waals surface area contributed by atoms with E-state index in [4.69, 9.17) is 0 Å². The van der Waals surface area contributed by atoms with Gasteiger partial charge in [0.2, 0.25) is 0 Å². The van der Waals surface area contributed by atoms with E-state index in [1.807, 2.05) is 36.2 Å². The van der Waals surface area contributed by atoms with E-state index >= 15 is 0 Å².